The van der Waals surface area contributed by atoms with Crippen LogP contribution >= 0.6 is 0 Å². The van der Waals surface area contributed by atoms with Gasteiger partial charge in [-0.15, -0.1) is 0 Å². The number of aliphatic hydroxyl groups excluding tert-OH is 1. The number of aliphatic hydroxyl groups is 1. The molecule has 0 bridgehead atoms. The number of hydrogen-bond acceptors (Lipinski definition) is 3. The maximum Gasteiger partial charge on any atom is 0.0635 e. The summed E-state index contributed by atoms with van der Waals surface area (Å²) in [6.45, 7) is 3.30. The highest BCUT2D eigenvalue weighted by atomic mass is 16.3. The summed E-state index contributed by atoms with van der Waals surface area (Å²) in [7, 11) is 0. The van der Waals surface area contributed by atoms with Crippen molar-refractivity contribution in [3.05, 3.63) is 24.0 Å². The Balaban J connectivity index is 2.21. The minimum Gasteiger partial charge on any atom is -0.394 e. The van der Waals surface area contributed by atoms with Crippen LogP contribution in [0.25, 0.3) is 0 Å². The average molecular weight is 192 g/mol. The van der Waals surface area contributed by atoms with Crippen molar-refractivity contribution in [2.24, 2.45) is 0 Å². The lowest BCUT2D eigenvalue weighted by Gasteiger charge is -2.25. The predicted molar refractivity (Wildman–Crippen MR) is 56.4 cm³/mol. The first-order chi connectivity index (χ1) is 6.81. The van der Waals surface area contributed by atoms with Gasteiger partial charge in [-0.2, -0.15) is 0 Å². The quantitative estimate of drug-likeness (QED) is 0.768. The Morgan fingerprint density at radius 3 is 3.21 bits per heavy atom. The van der Waals surface area contributed by atoms with Gasteiger partial charge in [0, 0.05) is 24.1 Å². The monoisotopic (exact) mass is 192 g/mol. The van der Waals surface area contributed by atoms with Gasteiger partial charge < -0.3 is 10.0 Å². The highest BCUT2D eigenvalue weighted by Crippen LogP contribution is 2.24. The largest absolute Gasteiger partial charge is 0.394 e. The summed E-state index contributed by atoms with van der Waals surface area (Å²) < 4.78 is 0. The number of nitrogens with zero attached hydrogens (tertiary/aromatic N) is 2. The standard InChI is InChI=1S/C11H16N2O/c1-9-7-10(4-5-12-9)13-6-2-3-11(13)8-14/h4-5,7,11,14H,2-3,6,8H2,1H3. The molecule has 0 spiro atoms. The first-order valence-corrected chi connectivity index (χ1v) is 5.11. The number of aryl methyl sites for hydroxylation is 1. The van der Waals surface area contributed by atoms with Crippen molar-refractivity contribution < 1.29 is 5.11 Å². The molecule has 1 aliphatic rings. The van der Waals surface area contributed by atoms with Crippen molar-refractivity contribution in [1.82, 2.24) is 4.98 Å². The van der Waals surface area contributed by atoms with Crippen LogP contribution < -0.4 is 4.90 Å². The average Bonchev–Trinajstić information content (AvgIpc) is 2.65. The second-order valence-corrected chi connectivity index (χ2v) is 3.83. The Bertz CT molecular complexity index is 314. The molecule has 0 saturated carbocycles. The third-order valence-corrected chi connectivity index (χ3v) is 2.80. The van der Waals surface area contributed by atoms with Crippen molar-refractivity contribution >= 4 is 5.69 Å². The molecule has 0 amide bonds. The molecule has 0 radical (unpaired) electrons. The highest BCUT2D eigenvalue weighted by Gasteiger charge is 2.23. The molecule has 1 unspecified atom stereocenters. The number of rotatable bonds is 2. The lowest BCUT2D eigenvalue weighted by Crippen LogP contribution is -2.32. The van der Waals surface area contributed by atoms with Gasteiger partial charge in [-0.05, 0) is 31.9 Å². The van der Waals surface area contributed by atoms with Crippen LogP contribution in [0.1, 0.15) is 18.5 Å². The van der Waals surface area contributed by atoms with Crippen LogP contribution in [0.15, 0.2) is 18.3 Å². The van der Waals surface area contributed by atoms with E-state index in [-0.39, 0.29) is 6.61 Å². The van der Waals surface area contributed by atoms with Gasteiger partial charge in [-0.25, -0.2) is 0 Å². The van der Waals surface area contributed by atoms with E-state index in [9.17, 15) is 5.11 Å². The Morgan fingerprint density at radius 1 is 1.64 bits per heavy atom. The summed E-state index contributed by atoms with van der Waals surface area (Å²) in [6, 6.07) is 4.39. The van der Waals surface area contributed by atoms with Crippen LogP contribution in [-0.4, -0.2) is 29.3 Å². The molecule has 0 aromatic carbocycles. The molecule has 1 aromatic rings. The predicted octanol–water partition coefficient (Wildman–Crippen LogP) is 1.35. The Morgan fingerprint density at radius 2 is 2.50 bits per heavy atom. The molecule has 1 saturated heterocycles. The van der Waals surface area contributed by atoms with Crippen LogP contribution in [-0.2, 0) is 0 Å². The maximum absolute atomic E-state index is 9.21. The first-order valence-electron chi connectivity index (χ1n) is 5.11. The van der Waals surface area contributed by atoms with E-state index < -0.39 is 0 Å². The van der Waals surface area contributed by atoms with E-state index in [1.54, 1.807) is 0 Å². The molecule has 1 N–H and O–H groups in total. The summed E-state index contributed by atoms with van der Waals surface area (Å²) in [5.41, 5.74) is 2.22. The molecule has 3 heteroatoms. The van der Waals surface area contributed by atoms with Gasteiger partial charge in [0.15, 0.2) is 0 Å². The fraction of sp³-hybridized carbons (Fsp3) is 0.545. The zero-order chi connectivity index (χ0) is 9.97. The number of pyridine rings is 1. The summed E-state index contributed by atoms with van der Waals surface area (Å²) >= 11 is 0. The third kappa shape index (κ3) is 1.73. The van der Waals surface area contributed by atoms with E-state index in [0.717, 1.165) is 18.7 Å². The van der Waals surface area contributed by atoms with Gasteiger partial charge in [0.25, 0.3) is 0 Å². The molecule has 76 valence electrons. The maximum atomic E-state index is 9.21. The molecule has 1 aromatic heterocycles. The second kappa shape index (κ2) is 3.96. The van der Waals surface area contributed by atoms with Crippen molar-refractivity contribution in [1.29, 1.82) is 0 Å². The van der Waals surface area contributed by atoms with Crippen molar-refractivity contribution in [2.45, 2.75) is 25.8 Å². The number of aromatic nitrogens is 1. The molecule has 1 atom stereocenters. The van der Waals surface area contributed by atoms with Gasteiger partial charge >= 0.3 is 0 Å². The van der Waals surface area contributed by atoms with Crippen LogP contribution in [0.3, 0.4) is 0 Å². The van der Waals surface area contributed by atoms with Crippen LogP contribution in [0.4, 0.5) is 5.69 Å². The topological polar surface area (TPSA) is 36.4 Å². The number of anilines is 1. The highest BCUT2D eigenvalue weighted by molar-refractivity contribution is 5.48. The van der Waals surface area contributed by atoms with Gasteiger partial charge in [0.05, 0.1) is 12.6 Å². The lowest BCUT2D eigenvalue weighted by atomic mass is 10.2. The van der Waals surface area contributed by atoms with Crippen molar-refractivity contribution in [2.75, 3.05) is 18.1 Å². The van der Waals surface area contributed by atoms with Gasteiger partial charge in [0.2, 0.25) is 0 Å². The fourth-order valence-corrected chi connectivity index (χ4v) is 2.07. The summed E-state index contributed by atoms with van der Waals surface area (Å²) in [6.07, 6.45) is 4.10. The van der Waals surface area contributed by atoms with Crippen molar-refractivity contribution in [3.63, 3.8) is 0 Å². The van der Waals surface area contributed by atoms with Gasteiger partial charge in [-0.1, -0.05) is 0 Å². The molecule has 3 nitrogen and oxygen atoms in total. The smallest absolute Gasteiger partial charge is 0.0635 e. The van der Waals surface area contributed by atoms with E-state index >= 15 is 0 Å². The molecular formula is C11H16N2O. The van der Waals surface area contributed by atoms with Crippen LogP contribution in [0, 0.1) is 6.92 Å². The zero-order valence-corrected chi connectivity index (χ0v) is 8.48. The molecule has 2 rings (SSSR count). The Kier molecular flexibility index (Phi) is 2.68. The van der Waals surface area contributed by atoms with E-state index in [1.165, 1.54) is 12.1 Å². The molecule has 2 heterocycles. The molecule has 14 heavy (non-hydrogen) atoms. The van der Waals surface area contributed by atoms with E-state index in [2.05, 4.69) is 16.0 Å². The minimum atomic E-state index is 0.251. The van der Waals surface area contributed by atoms with Crippen molar-refractivity contribution in [3.8, 4) is 0 Å². The number of hydrogen-bond donors (Lipinski definition) is 1. The van der Waals surface area contributed by atoms with E-state index in [1.807, 2.05) is 19.2 Å². The Labute approximate surface area is 84.4 Å². The SMILES string of the molecule is Cc1cc(N2CCCC2CO)ccn1. The minimum absolute atomic E-state index is 0.251. The molecule has 1 fully saturated rings. The second-order valence-electron chi connectivity index (χ2n) is 3.83. The van der Waals surface area contributed by atoms with E-state index in [0.29, 0.717) is 6.04 Å². The molecule has 0 aliphatic carbocycles. The Hall–Kier alpha value is -1.09. The first kappa shape index (κ1) is 9.46. The third-order valence-electron chi connectivity index (χ3n) is 2.80. The van der Waals surface area contributed by atoms with Crippen LogP contribution in [0.5, 0.6) is 0 Å². The normalized spacial score (nSPS) is 21.6. The summed E-state index contributed by atoms with van der Waals surface area (Å²) in [5.74, 6) is 0. The summed E-state index contributed by atoms with van der Waals surface area (Å²) in [5, 5.41) is 9.21. The van der Waals surface area contributed by atoms with Gasteiger partial charge in [0.1, 0.15) is 0 Å². The van der Waals surface area contributed by atoms with Gasteiger partial charge in [-0.3, -0.25) is 4.98 Å². The molecular weight excluding hydrogens is 176 g/mol. The van der Waals surface area contributed by atoms with E-state index in [4.69, 9.17) is 0 Å². The lowest BCUT2D eigenvalue weighted by molar-refractivity contribution is 0.266. The fourth-order valence-electron chi connectivity index (χ4n) is 2.07. The van der Waals surface area contributed by atoms with Crippen LogP contribution in [0.2, 0.25) is 0 Å². The molecule has 1 aliphatic heterocycles. The zero-order valence-electron chi connectivity index (χ0n) is 8.48. The summed E-state index contributed by atoms with van der Waals surface area (Å²) in [4.78, 5) is 6.45.